The van der Waals surface area contributed by atoms with Crippen molar-refractivity contribution < 1.29 is 27.1 Å². The monoisotopic (exact) mass is 410 g/mol. The molecule has 2 rings (SSSR count). The number of para-hydroxylation sites is 1. The van der Waals surface area contributed by atoms with Crippen molar-refractivity contribution in [2.45, 2.75) is 19.4 Å². The molecule has 0 heterocycles. The van der Waals surface area contributed by atoms with Crippen molar-refractivity contribution in [3.63, 3.8) is 0 Å². The Hall–Kier alpha value is -2.81. The lowest BCUT2D eigenvalue weighted by Gasteiger charge is -2.30. The van der Waals surface area contributed by atoms with E-state index in [0.29, 0.717) is 17.2 Å². The second kappa shape index (κ2) is 8.92. The number of sulfonamides is 1. The van der Waals surface area contributed by atoms with E-state index in [-0.39, 0.29) is 12.1 Å². The normalized spacial score (nSPS) is 12.2. The molecule has 2 aromatic rings. The van der Waals surface area contributed by atoms with Crippen LogP contribution in [0.5, 0.6) is 11.5 Å². The van der Waals surface area contributed by atoms with Gasteiger partial charge in [-0.2, -0.15) is 0 Å². The van der Waals surface area contributed by atoms with Crippen molar-refractivity contribution in [3.8, 4) is 11.5 Å². The Kier molecular flexibility index (Phi) is 6.85. The van der Waals surface area contributed by atoms with Crippen LogP contribution in [0.2, 0.25) is 0 Å². The van der Waals surface area contributed by atoms with Crippen LogP contribution in [0, 0.1) is 5.82 Å². The maximum atomic E-state index is 14.3. The first-order valence-corrected chi connectivity index (χ1v) is 10.3. The summed E-state index contributed by atoms with van der Waals surface area (Å²) in [5, 5.41) is 2.66. The van der Waals surface area contributed by atoms with E-state index in [1.807, 2.05) is 0 Å². The van der Waals surface area contributed by atoms with Crippen LogP contribution in [-0.4, -0.2) is 40.8 Å². The maximum absolute atomic E-state index is 14.3. The van der Waals surface area contributed by atoms with E-state index < -0.39 is 27.8 Å². The first kappa shape index (κ1) is 21.5. The van der Waals surface area contributed by atoms with Gasteiger partial charge in [0.25, 0.3) is 0 Å². The molecule has 1 amide bonds. The fraction of sp³-hybridized carbons (Fsp3) is 0.316. The maximum Gasteiger partial charge on any atom is 0.248 e. The quantitative estimate of drug-likeness (QED) is 0.723. The van der Waals surface area contributed by atoms with Gasteiger partial charge in [-0.25, -0.2) is 12.8 Å². The van der Waals surface area contributed by atoms with Gasteiger partial charge in [0.05, 0.1) is 31.9 Å². The molecule has 0 fully saturated rings. The van der Waals surface area contributed by atoms with Crippen molar-refractivity contribution in [2.75, 3.05) is 30.1 Å². The molecule has 0 radical (unpaired) electrons. The molecule has 1 N–H and O–H groups in total. The highest BCUT2D eigenvalue weighted by Gasteiger charge is 2.33. The first-order valence-electron chi connectivity index (χ1n) is 8.49. The van der Waals surface area contributed by atoms with Gasteiger partial charge in [0.1, 0.15) is 23.4 Å². The number of ether oxygens (including phenoxy) is 2. The molecule has 0 aliphatic heterocycles. The predicted molar refractivity (Wildman–Crippen MR) is 106 cm³/mol. The molecule has 152 valence electrons. The zero-order chi connectivity index (χ0) is 20.9. The third-order valence-corrected chi connectivity index (χ3v) is 5.25. The fourth-order valence-corrected chi connectivity index (χ4v) is 4.00. The Morgan fingerprint density at radius 2 is 1.86 bits per heavy atom. The predicted octanol–water partition coefficient (Wildman–Crippen LogP) is 3.03. The highest BCUT2D eigenvalue weighted by Crippen LogP contribution is 2.31. The average molecular weight is 410 g/mol. The minimum absolute atomic E-state index is 0.131. The summed E-state index contributed by atoms with van der Waals surface area (Å²) < 4.78 is 50.2. The van der Waals surface area contributed by atoms with Crippen molar-refractivity contribution in [3.05, 3.63) is 48.3 Å². The van der Waals surface area contributed by atoms with E-state index in [0.717, 1.165) is 16.6 Å². The molecular formula is C19H23FN2O5S. The largest absolute Gasteiger partial charge is 0.497 e. The van der Waals surface area contributed by atoms with E-state index >= 15 is 0 Å². The van der Waals surface area contributed by atoms with E-state index in [9.17, 15) is 17.6 Å². The van der Waals surface area contributed by atoms with Crippen molar-refractivity contribution in [1.29, 1.82) is 0 Å². The molecule has 0 spiro atoms. The molecule has 0 bridgehead atoms. The molecule has 28 heavy (non-hydrogen) atoms. The topological polar surface area (TPSA) is 84.9 Å². The summed E-state index contributed by atoms with van der Waals surface area (Å²) in [4.78, 5) is 12.9. The van der Waals surface area contributed by atoms with E-state index in [1.54, 1.807) is 25.1 Å². The molecule has 0 saturated heterocycles. The third-order valence-electron chi connectivity index (χ3n) is 4.09. The van der Waals surface area contributed by atoms with Crippen LogP contribution in [0.15, 0.2) is 42.5 Å². The van der Waals surface area contributed by atoms with Crippen LogP contribution < -0.4 is 19.1 Å². The summed E-state index contributed by atoms with van der Waals surface area (Å²) in [6, 6.07) is 9.06. The van der Waals surface area contributed by atoms with Crippen LogP contribution in [0.1, 0.15) is 13.3 Å². The summed E-state index contributed by atoms with van der Waals surface area (Å²) in [6.07, 6.45) is 1.06. The number of nitrogens with one attached hydrogen (secondary N) is 1. The first-order chi connectivity index (χ1) is 13.2. The van der Waals surface area contributed by atoms with Gasteiger partial charge < -0.3 is 14.8 Å². The van der Waals surface area contributed by atoms with Crippen LogP contribution >= 0.6 is 0 Å². The number of hydrogen-bond acceptors (Lipinski definition) is 5. The summed E-state index contributed by atoms with van der Waals surface area (Å²) in [5.74, 6) is -0.466. The summed E-state index contributed by atoms with van der Waals surface area (Å²) in [6.45, 7) is 1.65. The summed E-state index contributed by atoms with van der Waals surface area (Å²) in [5.41, 5.74) is 0.155. The number of methoxy groups -OCH3 is 2. The Labute approximate surface area is 164 Å². The lowest BCUT2D eigenvalue weighted by atomic mass is 10.1. The Balaban J connectivity index is 2.42. The molecular weight excluding hydrogens is 387 g/mol. The Bertz CT molecular complexity index is 949. The van der Waals surface area contributed by atoms with Crippen molar-refractivity contribution >= 4 is 27.3 Å². The van der Waals surface area contributed by atoms with Crippen molar-refractivity contribution in [1.82, 2.24) is 0 Å². The van der Waals surface area contributed by atoms with Gasteiger partial charge in [-0.05, 0) is 30.7 Å². The lowest BCUT2D eigenvalue weighted by molar-refractivity contribution is -0.117. The number of anilines is 2. The molecule has 1 atom stereocenters. The number of amides is 1. The average Bonchev–Trinajstić information content (AvgIpc) is 2.66. The number of rotatable bonds is 8. The Morgan fingerprint density at radius 1 is 1.18 bits per heavy atom. The van der Waals surface area contributed by atoms with Crippen LogP contribution in [0.25, 0.3) is 0 Å². The smallest absolute Gasteiger partial charge is 0.248 e. The van der Waals surface area contributed by atoms with Gasteiger partial charge in [0, 0.05) is 6.07 Å². The van der Waals surface area contributed by atoms with Gasteiger partial charge in [-0.1, -0.05) is 19.1 Å². The number of carbonyl (C=O) groups excluding carboxylic acids is 1. The summed E-state index contributed by atoms with van der Waals surface area (Å²) in [7, 11) is -1.00. The van der Waals surface area contributed by atoms with E-state index in [1.165, 1.54) is 32.4 Å². The van der Waals surface area contributed by atoms with E-state index in [2.05, 4.69) is 5.32 Å². The highest BCUT2D eigenvalue weighted by molar-refractivity contribution is 7.92. The number of halogens is 1. The minimum Gasteiger partial charge on any atom is -0.497 e. The van der Waals surface area contributed by atoms with Gasteiger partial charge in [0.2, 0.25) is 15.9 Å². The number of benzene rings is 2. The molecule has 1 unspecified atom stereocenters. The SMILES string of the molecule is CCC(C(=O)Nc1ccc(OC)cc1OC)N(c1ccccc1F)S(C)(=O)=O. The zero-order valence-electron chi connectivity index (χ0n) is 16.1. The van der Waals surface area contributed by atoms with Crippen LogP contribution in [-0.2, 0) is 14.8 Å². The number of hydrogen-bond donors (Lipinski definition) is 1. The Morgan fingerprint density at radius 3 is 2.39 bits per heavy atom. The number of nitrogens with zero attached hydrogens (tertiary/aromatic N) is 1. The molecule has 7 nitrogen and oxygen atoms in total. The third kappa shape index (κ3) is 4.72. The summed E-state index contributed by atoms with van der Waals surface area (Å²) >= 11 is 0. The van der Waals surface area contributed by atoms with Gasteiger partial charge >= 0.3 is 0 Å². The standard InChI is InChI=1S/C19H23FN2O5S/c1-5-16(22(28(4,24)25)17-9-7-6-8-14(17)20)19(23)21-15-11-10-13(26-2)12-18(15)27-3/h6-12,16H,5H2,1-4H3,(H,21,23). The van der Waals surface area contributed by atoms with Gasteiger partial charge in [-0.3, -0.25) is 9.10 Å². The molecule has 0 aliphatic rings. The molecule has 0 aliphatic carbocycles. The molecule has 0 aromatic heterocycles. The van der Waals surface area contributed by atoms with Gasteiger partial charge in [-0.15, -0.1) is 0 Å². The second-order valence-corrected chi connectivity index (χ2v) is 7.85. The van der Waals surface area contributed by atoms with Gasteiger partial charge in [0.15, 0.2) is 0 Å². The highest BCUT2D eigenvalue weighted by atomic mass is 32.2. The second-order valence-electron chi connectivity index (χ2n) is 5.99. The lowest BCUT2D eigenvalue weighted by Crippen LogP contribution is -2.47. The fourth-order valence-electron chi connectivity index (χ4n) is 2.78. The zero-order valence-corrected chi connectivity index (χ0v) is 16.9. The molecule has 2 aromatic carbocycles. The number of carbonyl (C=O) groups is 1. The van der Waals surface area contributed by atoms with Crippen molar-refractivity contribution in [2.24, 2.45) is 0 Å². The minimum atomic E-state index is -3.93. The molecule has 9 heteroatoms. The van der Waals surface area contributed by atoms with E-state index in [4.69, 9.17) is 9.47 Å². The van der Waals surface area contributed by atoms with Crippen LogP contribution in [0.3, 0.4) is 0 Å². The van der Waals surface area contributed by atoms with Crippen LogP contribution in [0.4, 0.5) is 15.8 Å². The molecule has 0 saturated carbocycles.